The number of imidazole rings is 1. The largest absolute Gasteiger partial charge is 0.342 e. The zero-order valence-electron chi connectivity index (χ0n) is 11.9. The first-order chi connectivity index (χ1) is 10.1. The van der Waals surface area contributed by atoms with Crippen molar-refractivity contribution in [3.05, 3.63) is 59.7 Å². The van der Waals surface area contributed by atoms with Crippen LogP contribution in [0.5, 0.6) is 0 Å². The lowest BCUT2D eigenvalue weighted by Crippen LogP contribution is -2.27. The number of benzene rings is 1. The molecule has 3 aromatic rings. The number of nitrogens with one attached hydrogen (secondary N) is 2. The fraction of sp³-hybridized carbons (Fsp3) is 0.188. The number of carbonyl (C=O) groups excluding carboxylic acids is 1. The first-order valence-electron chi connectivity index (χ1n) is 6.80. The predicted molar refractivity (Wildman–Crippen MR) is 80.9 cm³/mol. The quantitative estimate of drug-likeness (QED) is 0.775. The number of hydrogen-bond acceptors (Lipinski definition) is 3. The van der Waals surface area contributed by atoms with E-state index in [0.29, 0.717) is 5.56 Å². The molecule has 0 fully saturated rings. The van der Waals surface area contributed by atoms with Gasteiger partial charge in [0, 0.05) is 12.4 Å². The van der Waals surface area contributed by atoms with E-state index in [-0.39, 0.29) is 11.9 Å². The van der Waals surface area contributed by atoms with Crippen LogP contribution in [-0.2, 0) is 0 Å². The first-order valence-corrected chi connectivity index (χ1v) is 6.80. The highest BCUT2D eigenvalue weighted by atomic mass is 16.1. The zero-order valence-corrected chi connectivity index (χ0v) is 11.9. The fourth-order valence-electron chi connectivity index (χ4n) is 2.21. The molecule has 1 amide bonds. The number of rotatable bonds is 3. The molecule has 5 nitrogen and oxygen atoms in total. The van der Waals surface area contributed by atoms with Gasteiger partial charge in [-0.2, -0.15) is 0 Å². The topological polar surface area (TPSA) is 70.7 Å². The van der Waals surface area contributed by atoms with Crippen LogP contribution in [0.15, 0.2) is 42.7 Å². The van der Waals surface area contributed by atoms with Crippen LogP contribution in [0.4, 0.5) is 0 Å². The fourth-order valence-corrected chi connectivity index (χ4v) is 2.21. The molecule has 2 N–H and O–H groups in total. The number of fused-ring (bicyclic) bond motifs is 1. The number of aromatic amines is 1. The number of carbonyl (C=O) groups is 1. The van der Waals surface area contributed by atoms with Crippen LogP contribution in [0.3, 0.4) is 0 Å². The summed E-state index contributed by atoms with van der Waals surface area (Å²) in [7, 11) is 0. The van der Waals surface area contributed by atoms with Crippen molar-refractivity contribution in [2.75, 3.05) is 0 Å². The van der Waals surface area contributed by atoms with Gasteiger partial charge in [-0.05, 0) is 37.6 Å². The molecule has 0 radical (unpaired) electrons. The minimum absolute atomic E-state index is 0.154. The van der Waals surface area contributed by atoms with Crippen molar-refractivity contribution in [1.82, 2.24) is 20.3 Å². The van der Waals surface area contributed by atoms with Gasteiger partial charge in [0.05, 0.1) is 22.6 Å². The van der Waals surface area contributed by atoms with E-state index in [2.05, 4.69) is 20.3 Å². The number of hydrogen-bond donors (Lipinski definition) is 2. The number of amides is 1. The number of nitrogens with zero attached hydrogens (tertiary/aromatic N) is 2. The molecule has 1 atom stereocenters. The highest BCUT2D eigenvalue weighted by molar-refractivity contribution is 5.94. The summed E-state index contributed by atoms with van der Waals surface area (Å²) in [6.45, 7) is 3.81. The second-order valence-electron chi connectivity index (χ2n) is 5.09. The van der Waals surface area contributed by atoms with Gasteiger partial charge in [0.15, 0.2) is 0 Å². The van der Waals surface area contributed by atoms with Gasteiger partial charge >= 0.3 is 0 Å². The second kappa shape index (κ2) is 5.36. The summed E-state index contributed by atoms with van der Waals surface area (Å²) in [6, 6.07) is 9.40. The molecule has 106 valence electrons. The Morgan fingerprint density at radius 2 is 2.10 bits per heavy atom. The number of H-pyrrole nitrogens is 1. The predicted octanol–water partition coefficient (Wildman–Crippen LogP) is 2.76. The van der Waals surface area contributed by atoms with Crippen molar-refractivity contribution in [3.8, 4) is 0 Å². The molecule has 0 aliphatic heterocycles. The van der Waals surface area contributed by atoms with Gasteiger partial charge in [0.2, 0.25) is 0 Å². The summed E-state index contributed by atoms with van der Waals surface area (Å²) in [4.78, 5) is 24.0. The van der Waals surface area contributed by atoms with Crippen LogP contribution in [0.25, 0.3) is 11.0 Å². The molecule has 1 unspecified atom stereocenters. The van der Waals surface area contributed by atoms with Crippen molar-refractivity contribution in [1.29, 1.82) is 0 Å². The van der Waals surface area contributed by atoms with Crippen LogP contribution in [0, 0.1) is 6.92 Å². The average molecular weight is 280 g/mol. The number of aryl methyl sites for hydroxylation is 1. The normalized spacial score (nSPS) is 12.3. The summed E-state index contributed by atoms with van der Waals surface area (Å²) in [5.74, 6) is 0.587. The van der Waals surface area contributed by atoms with E-state index in [4.69, 9.17) is 0 Å². The maximum absolute atomic E-state index is 12.2. The van der Waals surface area contributed by atoms with Crippen LogP contribution >= 0.6 is 0 Å². The lowest BCUT2D eigenvalue weighted by atomic mass is 10.2. The van der Waals surface area contributed by atoms with E-state index in [9.17, 15) is 4.79 Å². The Morgan fingerprint density at radius 1 is 1.29 bits per heavy atom. The minimum atomic E-state index is -0.203. The summed E-state index contributed by atoms with van der Waals surface area (Å²) in [5.41, 5.74) is 3.37. The maximum atomic E-state index is 12.2. The molecule has 21 heavy (non-hydrogen) atoms. The Labute approximate surface area is 122 Å². The van der Waals surface area contributed by atoms with Gasteiger partial charge in [-0.15, -0.1) is 0 Å². The molecule has 2 heterocycles. The average Bonchev–Trinajstić information content (AvgIpc) is 2.91. The van der Waals surface area contributed by atoms with Gasteiger partial charge in [-0.3, -0.25) is 9.78 Å². The first kappa shape index (κ1) is 13.3. The van der Waals surface area contributed by atoms with Crippen molar-refractivity contribution < 1.29 is 4.79 Å². The molecule has 3 rings (SSSR count). The van der Waals surface area contributed by atoms with E-state index >= 15 is 0 Å². The van der Waals surface area contributed by atoms with Crippen LogP contribution in [-0.4, -0.2) is 20.9 Å². The zero-order chi connectivity index (χ0) is 14.8. The molecule has 1 aromatic carbocycles. The van der Waals surface area contributed by atoms with Gasteiger partial charge in [0.1, 0.15) is 5.82 Å². The third kappa shape index (κ3) is 2.76. The second-order valence-corrected chi connectivity index (χ2v) is 5.09. The summed E-state index contributed by atoms with van der Waals surface area (Å²) >= 11 is 0. The Hall–Kier alpha value is -2.69. The van der Waals surface area contributed by atoms with Crippen LogP contribution in [0.1, 0.15) is 34.7 Å². The van der Waals surface area contributed by atoms with Crippen molar-refractivity contribution in [3.63, 3.8) is 0 Å². The van der Waals surface area contributed by atoms with Crippen molar-refractivity contribution in [2.24, 2.45) is 0 Å². The van der Waals surface area contributed by atoms with E-state index in [1.165, 1.54) is 0 Å². The van der Waals surface area contributed by atoms with Crippen LogP contribution < -0.4 is 5.32 Å². The maximum Gasteiger partial charge on any atom is 0.253 e. The highest BCUT2D eigenvalue weighted by Crippen LogP contribution is 2.16. The summed E-state index contributed by atoms with van der Waals surface area (Å²) in [6.07, 6.45) is 3.28. The lowest BCUT2D eigenvalue weighted by Gasteiger charge is -2.11. The monoisotopic (exact) mass is 280 g/mol. The molecular weight excluding hydrogens is 264 g/mol. The molecule has 0 saturated carbocycles. The number of aromatic nitrogens is 3. The Morgan fingerprint density at radius 3 is 2.86 bits per heavy atom. The highest BCUT2D eigenvalue weighted by Gasteiger charge is 2.15. The van der Waals surface area contributed by atoms with Gasteiger partial charge in [-0.25, -0.2) is 4.98 Å². The van der Waals surface area contributed by atoms with Gasteiger partial charge in [0.25, 0.3) is 5.91 Å². The molecular formula is C16H16N4O. The molecule has 0 spiro atoms. The number of para-hydroxylation sites is 2. The molecule has 0 saturated heterocycles. The van der Waals surface area contributed by atoms with Gasteiger partial charge < -0.3 is 10.3 Å². The summed E-state index contributed by atoms with van der Waals surface area (Å²) < 4.78 is 0. The molecule has 0 bridgehead atoms. The Bertz CT molecular complexity index is 761. The number of pyridine rings is 1. The Balaban J connectivity index is 1.79. The molecule has 0 aliphatic carbocycles. The van der Waals surface area contributed by atoms with E-state index in [1.807, 2.05) is 44.2 Å². The summed E-state index contributed by atoms with van der Waals surface area (Å²) in [5, 5.41) is 2.93. The minimum Gasteiger partial charge on any atom is -0.342 e. The van der Waals surface area contributed by atoms with Gasteiger partial charge in [-0.1, -0.05) is 12.1 Å². The third-order valence-electron chi connectivity index (χ3n) is 3.30. The smallest absolute Gasteiger partial charge is 0.253 e. The van der Waals surface area contributed by atoms with E-state index in [1.54, 1.807) is 12.4 Å². The molecule has 0 aliphatic rings. The van der Waals surface area contributed by atoms with E-state index < -0.39 is 0 Å². The standard InChI is InChI=1S/C16H16N4O/c1-10-7-12(9-17-8-10)16(21)18-11(2)15-19-13-5-3-4-6-14(13)20-15/h3-9,11H,1-2H3,(H,18,21)(H,19,20). The SMILES string of the molecule is Cc1cncc(C(=O)NC(C)c2nc3ccccc3[nH]2)c1. The third-order valence-corrected chi connectivity index (χ3v) is 3.30. The lowest BCUT2D eigenvalue weighted by molar-refractivity contribution is 0.0938. The van der Waals surface area contributed by atoms with Crippen LogP contribution in [0.2, 0.25) is 0 Å². The van der Waals surface area contributed by atoms with Crippen molar-refractivity contribution in [2.45, 2.75) is 19.9 Å². The van der Waals surface area contributed by atoms with E-state index in [0.717, 1.165) is 22.4 Å². The Kier molecular flexibility index (Phi) is 3.39. The van der Waals surface area contributed by atoms with Crippen molar-refractivity contribution >= 4 is 16.9 Å². The molecule has 2 aromatic heterocycles. The molecule has 5 heteroatoms.